The molecule has 4 nitrogen and oxygen atoms in total. The Morgan fingerprint density at radius 1 is 1.10 bits per heavy atom. The zero-order chi connectivity index (χ0) is 15.9. The molecule has 0 aliphatic carbocycles. The van der Waals surface area contributed by atoms with Crippen LogP contribution in [-0.4, -0.2) is 41.0 Å². The first-order chi connectivity index (χ1) is 9.90. The van der Waals surface area contributed by atoms with Crippen molar-refractivity contribution in [3.8, 4) is 0 Å². The molecule has 4 heteroatoms. The van der Waals surface area contributed by atoms with E-state index in [9.17, 15) is 0 Å². The molecule has 1 rings (SSSR count). The van der Waals surface area contributed by atoms with Crippen molar-refractivity contribution in [2.24, 2.45) is 0 Å². The average Bonchev–Trinajstić information content (AvgIpc) is 2.45. The van der Waals surface area contributed by atoms with Crippen LogP contribution in [0.3, 0.4) is 0 Å². The maximum Gasteiger partial charge on any atom is 0.132 e. The van der Waals surface area contributed by atoms with Crippen LogP contribution >= 0.6 is 0 Å². The van der Waals surface area contributed by atoms with E-state index in [2.05, 4.69) is 62.8 Å². The van der Waals surface area contributed by atoms with E-state index in [4.69, 9.17) is 4.98 Å². The van der Waals surface area contributed by atoms with Gasteiger partial charge in [0.1, 0.15) is 11.6 Å². The number of rotatable bonds is 8. The largest absolute Gasteiger partial charge is 0.370 e. The van der Waals surface area contributed by atoms with Gasteiger partial charge in [0.15, 0.2) is 0 Å². The fourth-order valence-electron chi connectivity index (χ4n) is 2.13. The van der Waals surface area contributed by atoms with Gasteiger partial charge in [-0.25, -0.2) is 9.97 Å². The number of nitrogens with zero attached hydrogens (tertiary/aromatic N) is 3. The van der Waals surface area contributed by atoms with Gasteiger partial charge in [0.2, 0.25) is 0 Å². The van der Waals surface area contributed by atoms with Gasteiger partial charge in [0.25, 0.3) is 0 Å². The van der Waals surface area contributed by atoms with Crippen LogP contribution in [0.2, 0.25) is 0 Å². The normalized spacial score (nSPS) is 12.0. The molecule has 1 heterocycles. The summed E-state index contributed by atoms with van der Waals surface area (Å²) < 4.78 is 0. The molecule has 21 heavy (non-hydrogen) atoms. The van der Waals surface area contributed by atoms with E-state index >= 15 is 0 Å². The number of nitrogens with one attached hydrogen (secondary N) is 1. The fraction of sp³-hybridized carbons (Fsp3) is 0.765. The second-order valence-corrected chi connectivity index (χ2v) is 6.51. The van der Waals surface area contributed by atoms with Gasteiger partial charge in [-0.3, -0.25) is 0 Å². The molecule has 0 fully saturated rings. The van der Waals surface area contributed by atoms with E-state index in [-0.39, 0.29) is 5.41 Å². The summed E-state index contributed by atoms with van der Waals surface area (Å²) in [5, 5.41) is 3.40. The third kappa shape index (κ3) is 6.00. The summed E-state index contributed by atoms with van der Waals surface area (Å²) in [6, 6.07) is 2.09. The average molecular weight is 292 g/mol. The second-order valence-electron chi connectivity index (χ2n) is 6.51. The lowest BCUT2D eigenvalue weighted by molar-refractivity contribution is 0.305. The Balaban J connectivity index is 2.90. The highest BCUT2D eigenvalue weighted by molar-refractivity contribution is 5.38. The fourth-order valence-corrected chi connectivity index (χ4v) is 2.13. The summed E-state index contributed by atoms with van der Waals surface area (Å²) in [7, 11) is 0. The van der Waals surface area contributed by atoms with Crippen molar-refractivity contribution in [2.45, 2.75) is 59.8 Å². The lowest BCUT2D eigenvalue weighted by Crippen LogP contribution is -2.26. The number of likely N-dealkylation sites (N-methyl/N-ethyl adjacent to an activating group) is 1. The molecule has 0 saturated carbocycles. The van der Waals surface area contributed by atoms with E-state index in [1.165, 1.54) is 0 Å². The first-order valence-corrected chi connectivity index (χ1v) is 8.25. The first kappa shape index (κ1) is 17.9. The molecule has 0 bridgehead atoms. The van der Waals surface area contributed by atoms with Crippen LogP contribution in [-0.2, 0) is 11.8 Å². The molecule has 0 amide bonds. The molecule has 0 spiro atoms. The minimum absolute atomic E-state index is 0.0511. The molecule has 0 aliphatic heterocycles. The number of hydrogen-bond acceptors (Lipinski definition) is 4. The standard InChI is InChI=1S/C17H32N4/c1-7-11-18-16-13-14(17(4,5)6)19-15(20-16)10-12-21(8-2)9-3/h13H,7-12H2,1-6H3,(H,18,19,20). The summed E-state index contributed by atoms with van der Waals surface area (Å²) in [6.45, 7) is 17.3. The smallest absolute Gasteiger partial charge is 0.132 e. The van der Waals surface area contributed by atoms with Crippen molar-refractivity contribution in [3.63, 3.8) is 0 Å². The Morgan fingerprint density at radius 3 is 2.29 bits per heavy atom. The minimum Gasteiger partial charge on any atom is -0.370 e. The van der Waals surface area contributed by atoms with Crippen LogP contribution in [0.5, 0.6) is 0 Å². The van der Waals surface area contributed by atoms with Crippen molar-refractivity contribution in [2.75, 3.05) is 31.5 Å². The van der Waals surface area contributed by atoms with Crippen LogP contribution in [0, 0.1) is 0 Å². The molecule has 0 aromatic carbocycles. The van der Waals surface area contributed by atoms with Crippen LogP contribution in [0.25, 0.3) is 0 Å². The molecule has 1 aromatic rings. The van der Waals surface area contributed by atoms with Crippen LogP contribution in [0.4, 0.5) is 5.82 Å². The van der Waals surface area contributed by atoms with Gasteiger partial charge >= 0.3 is 0 Å². The van der Waals surface area contributed by atoms with Crippen molar-refractivity contribution in [1.82, 2.24) is 14.9 Å². The topological polar surface area (TPSA) is 41.1 Å². The maximum absolute atomic E-state index is 4.78. The van der Waals surface area contributed by atoms with E-state index in [1.807, 2.05) is 0 Å². The maximum atomic E-state index is 4.78. The molecule has 1 N–H and O–H groups in total. The van der Waals surface area contributed by atoms with Gasteiger partial charge < -0.3 is 10.2 Å². The van der Waals surface area contributed by atoms with Gasteiger partial charge in [-0.05, 0) is 19.5 Å². The molecule has 1 aromatic heterocycles. The van der Waals surface area contributed by atoms with Gasteiger partial charge in [-0.2, -0.15) is 0 Å². The zero-order valence-corrected chi connectivity index (χ0v) is 14.7. The van der Waals surface area contributed by atoms with Crippen molar-refractivity contribution in [3.05, 3.63) is 17.6 Å². The highest BCUT2D eigenvalue weighted by Crippen LogP contribution is 2.22. The monoisotopic (exact) mass is 292 g/mol. The quantitative estimate of drug-likeness (QED) is 0.796. The van der Waals surface area contributed by atoms with E-state index in [0.717, 1.165) is 56.4 Å². The summed E-state index contributed by atoms with van der Waals surface area (Å²) in [5.41, 5.74) is 1.17. The van der Waals surface area contributed by atoms with Crippen LogP contribution < -0.4 is 5.32 Å². The SMILES string of the molecule is CCCNc1cc(C(C)(C)C)nc(CCN(CC)CC)n1. The third-order valence-electron chi connectivity index (χ3n) is 3.64. The Bertz CT molecular complexity index is 419. The Morgan fingerprint density at radius 2 is 1.76 bits per heavy atom. The lowest BCUT2D eigenvalue weighted by Gasteiger charge is -2.21. The van der Waals surface area contributed by atoms with Gasteiger partial charge in [0, 0.05) is 31.0 Å². The van der Waals surface area contributed by atoms with E-state index in [0.29, 0.717) is 0 Å². The van der Waals surface area contributed by atoms with Crippen molar-refractivity contribution in [1.29, 1.82) is 0 Å². The summed E-state index contributed by atoms with van der Waals surface area (Å²) in [6.07, 6.45) is 2.01. The molecule has 0 radical (unpaired) electrons. The Labute approximate surface area is 130 Å². The summed E-state index contributed by atoms with van der Waals surface area (Å²) in [4.78, 5) is 11.9. The molecule has 0 aliphatic rings. The van der Waals surface area contributed by atoms with Crippen LogP contribution in [0.15, 0.2) is 6.07 Å². The van der Waals surface area contributed by atoms with Gasteiger partial charge in [0.05, 0.1) is 5.69 Å². The summed E-state index contributed by atoms with van der Waals surface area (Å²) >= 11 is 0. The van der Waals surface area contributed by atoms with E-state index < -0.39 is 0 Å². The van der Waals surface area contributed by atoms with Gasteiger partial charge in [-0.15, -0.1) is 0 Å². The molecule has 0 saturated heterocycles. The number of hydrogen-bond donors (Lipinski definition) is 1. The zero-order valence-electron chi connectivity index (χ0n) is 14.7. The van der Waals surface area contributed by atoms with Crippen molar-refractivity contribution < 1.29 is 0 Å². The predicted octanol–water partition coefficient (Wildman–Crippen LogP) is 3.48. The van der Waals surface area contributed by atoms with Gasteiger partial charge in [-0.1, -0.05) is 41.5 Å². The lowest BCUT2D eigenvalue weighted by atomic mass is 9.92. The van der Waals surface area contributed by atoms with E-state index in [1.54, 1.807) is 0 Å². The Hall–Kier alpha value is -1.16. The Kier molecular flexibility index (Phi) is 7.09. The molecule has 0 unspecified atom stereocenters. The highest BCUT2D eigenvalue weighted by atomic mass is 15.1. The number of aromatic nitrogens is 2. The van der Waals surface area contributed by atoms with Crippen LogP contribution in [0.1, 0.15) is 59.5 Å². The molecule has 0 atom stereocenters. The molecule has 120 valence electrons. The predicted molar refractivity (Wildman–Crippen MR) is 91.0 cm³/mol. The molecular weight excluding hydrogens is 260 g/mol. The second kappa shape index (κ2) is 8.32. The summed E-state index contributed by atoms with van der Waals surface area (Å²) in [5.74, 6) is 1.92. The third-order valence-corrected chi connectivity index (χ3v) is 3.64. The highest BCUT2D eigenvalue weighted by Gasteiger charge is 2.18. The first-order valence-electron chi connectivity index (χ1n) is 8.25. The van der Waals surface area contributed by atoms with Crippen molar-refractivity contribution >= 4 is 5.82 Å². The minimum atomic E-state index is 0.0511. The molecular formula is C17H32N4. The number of anilines is 1.